The molecule has 2 aromatic carbocycles. The van der Waals surface area contributed by atoms with Crippen molar-refractivity contribution >= 4 is 7.85 Å². The summed E-state index contributed by atoms with van der Waals surface area (Å²) in [5.74, 6) is 1.72. The molecule has 0 aromatic heterocycles. The summed E-state index contributed by atoms with van der Waals surface area (Å²) < 4.78 is 0. The molecular weight excluding hydrogens is 383 g/mol. The van der Waals surface area contributed by atoms with Gasteiger partial charge in [-0.15, -0.1) is 0 Å². The van der Waals surface area contributed by atoms with Crippen LogP contribution < -0.4 is 0 Å². The molecular formula is C31H45B. The van der Waals surface area contributed by atoms with Crippen molar-refractivity contribution in [1.82, 2.24) is 0 Å². The highest BCUT2D eigenvalue weighted by molar-refractivity contribution is 6.05. The van der Waals surface area contributed by atoms with E-state index < -0.39 is 0 Å². The van der Waals surface area contributed by atoms with E-state index in [0.717, 1.165) is 11.8 Å². The highest BCUT2D eigenvalue weighted by Gasteiger charge is 2.18. The zero-order valence-corrected chi connectivity index (χ0v) is 20.6. The van der Waals surface area contributed by atoms with Gasteiger partial charge in [-0.3, -0.25) is 0 Å². The molecule has 5 rings (SSSR count). The highest BCUT2D eigenvalue weighted by Crippen LogP contribution is 2.36. The fraction of sp³-hybridized carbons (Fsp3) is 0.548. The van der Waals surface area contributed by atoms with Crippen LogP contribution in [-0.4, -0.2) is 7.85 Å². The number of allylic oxidation sites excluding steroid dienone is 2. The first kappa shape index (κ1) is 26.5. The average Bonchev–Trinajstić information content (AvgIpc) is 2.94. The minimum Gasteiger partial charge on any atom is -0.0999 e. The van der Waals surface area contributed by atoms with E-state index >= 15 is 0 Å². The van der Waals surface area contributed by atoms with Gasteiger partial charge in [0.05, 0.1) is 7.85 Å². The van der Waals surface area contributed by atoms with Gasteiger partial charge in [-0.05, 0) is 74.3 Å². The Labute approximate surface area is 200 Å². The molecule has 0 amide bonds. The molecule has 0 atom stereocenters. The van der Waals surface area contributed by atoms with Gasteiger partial charge in [0.25, 0.3) is 0 Å². The van der Waals surface area contributed by atoms with E-state index in [2.05, 4.69) is 44.3 Å². The molecule has 2 saturated carbocycles. The summed E-state index contributed by atoms with van der Waals surface area (Å²) in [6, 6.07) is 21.7. The van der Waals surface area contributed by atoms with Gasteiger partial charge in [-0.2, -0.15) is 0 Å². The van der Waals surface area contributed by atoms with Crippen LogP contribution in [0.5, 0.6) is 0 Å². The van der Waals surface area contributed by atoms with Crippen molar-refractivity contribution in [3.8, 4) is 0 Å². The normalized spacial score (nSPS) is 18.7. The number of benzene rings is 2. The average molecular weight is 429 g/mol. The molecule has 0 aliphatic heterocycles. The Morgan fingerprint density at radius 1 is 0.469 bits per heavy atom. The maximum absolute atomic E-state index is 4.50. The Balaban J connectivity index is 0.000000212. The molecule has 2 radical (unpaired) electrons. The molecule has 172 valence electrons. The molecule has 0 nitrogen and oxygen atoms in total. The van der Waals surface area contributed by atoms with Crippen molar-refractivity contribution in [1.29, 1.82) is 0 Å². The molecule has 3 aliphatic rings. The fourth-order valence-electron chi connectivity index (χ4n) is 5.06. The standard InChI is InChI=1S/C18H26.C6H10.C6H6.CH3B/c1-3-7-15(8-4-1)17-11-13-18(14-12-17)16-9-5-2-6-10-16;2*1-2-4-6-5-3-1;1-2/h11-16H,1-10H2;1-2H,3-6H2;1-6H;1H3. The first-order chi connectivity index (χ1) is 15.9. The summed E-state index contributed by atoms with van der Waals surface area (Å²) in [6.07, 6.45) is 24.3. The van der Waals surface area contributed by atoms with Gasteiger partial charge in [-0.25, -0.2) is 0 Å². The van der Waals surface area contributed by atoms with Crippen LogP contribution in [0.3, 0.4) is 0 Å². The Hall–Kier alpha value is -1.76. The zero-order chi connectivity index (χ0) is 22.7. The second-order valence-corrected chi connectivity index (χ2v) is 9.25. The predicted molar refractivity (Wildman–Crippen MR) is 144 cm³/mol. The van der Waals surface area contributed by atoms with Crippen LogP contribution >= 0.6 is 0 Å². The maximum atomic E-state index is 4.50. The number of rotatable bonds is 2. The molecule has 0 saturated heterocycles. The van der Waals surface area contributed by atoms with Crippen LogP contribution in [0.15, 0.2) is 72.8 Å². The molecule has 2 aromatic rings. The van der Waals surface area contributed by atoms with Gasteiger partial charge < -0.3 is 0 Å². The first-order valence-corrected chi connectivity index (χ1v) is 13.3. The summed E-state index contributed by atoms with van der Waals surface area (Å²) in [7, 11) is 4.50. The van der Waals surface area contributed by atoms with Gasteiger partial charge in [0.2, 0.25) is 0 Å². The second kappa shape index (κ2) is 17.8. The van der Waals surface area contributed by atoms with Crippen molar-refractivity contribution in [2.45, 2.75) is 109 Å². The monoisotopic (exact) mass is 428 g/mol. The van der Waals surface area contributed by atoms with Crippen LogP contribution in [0.1, 0.15) is 113 Å². The number of hydrogen-bond donors (Lipinski definition) is 0. The minimum absolute atomic E-state index is 0.860. The lowest BCUT2D eigenvalue weighted by molar-refractivity contribution is 0.439. The van der Waals surface area contributed by atoms with Crippen LogP contribution in [0.2, 0.25) is 6.82 Å². The molecule has 0 heterocycles. The van der Waals surface area contributed by atoms with Gasteiger partial charge in [-0.1, -0.05) is 118 Å². The minimum atomic E-state index is 0.860. The molecule has 32 heavy (non-hydrogen) atoms. The predicted octanol–water partition coefficient (Wildman–Crippen LogP) is 9.79. The SMILES string of the molecule is C1=CCCCC1.[B]C.c1cc(C2CCCCC2)ccc1C1CCCCC1.c1ccccc1. The summed E-state index contributed by atoms with van der Waals surface area (Å²) in [5.41, 5.74) is 3.21. The Morgan fingerprint density at radius 3 is 1.03 bits per heavy atom. The van der Waals surface area contributed by atoms with Crippen LogP contribution in [-0.2, 0) is 0 Å². The Bertz CT molecular complexity index is 604. The van der Waals surface area contributed by atoms with Crippen molar-refractivity contribution in [2.24, 2.45) is 0 Å². The van der Waals surface area contributed by atoms with Crippen molar-refractivity contribution in [3.63, 3.8) is 0 Å². The lowest BCUT2D eigenvalue weighted by atomic mass is 9.81. The van der Waals surface area contributed by atoms with Crippen molar-refractivity contribution < 1.29 is 0 Å². The second-order valence-electron chi connectivity index (χ2n) is 9.25. The topological polar surface area (TPSA) is 0 Å². The van der Waals surface area contributed by atoms with E-state index in [1.54, 1.807) is 11.1 Å². The van der Waals surface area contributed by atoms with E-state index in [9.17, 15) is 0 Å². The van der Waals surface area contributed by atoms with E-state index in [0.29, 0.717) is 0 Å². The quantitative estimate of drug-likeness (QED) is 0.330. The molecule has 0 bridgehead atoms. The van der Waals surface area contributed by atoms with Crippen molar-refractivity contribution in [3.05, 3.63) is 83.9 Å². The summed E-state index contributed by atoms with van der Waals surface area (Å²) >= 11 is 0. The Morgan fingerprint density at radius 2 is 0.781 bits per heavy atom. The lowest BCUT2D eigenvalue weighted by Crippen LogP contribution is -2.06. The molecule has 1 heteroatoms. The van der Waals surface area contributed by atoms with E-state index in [1.165, 1.54) is 96.7 Å². The van der Waals surface area contributed by atoms with E-state index in [4.69, 9.17) is 0 Å². The summed E-state index contributed by atoms with van der Waals surface area (Å²) in [5, 5.41) is 0. The molecule has 0 unspecified atom stereocenters. The smallest absolute Gasteiger partial charge is 0.0606 e. The maximum Gasteiger partial charge on any atom is 0.0606 e. The summed E-state index contributed by atoms with van der Waals surface area (Å²) in [6.45, 7) is 1.50. The molecule has 2 fully saturated rings. The van der Waals surface area contributed by atoms with Crippen molar-refractivity contribution in [2.75, 3.05) is 0 Å². The highest BCUT2D eigenvalue weighted by atomic mass is 14.2. The summed E-state index contributed by atoms with van der Waals surface area (Å²) in [4.78, 5) is 0. The molecule has 0 N–H and O–H groups in total. The van der Waals surface area contributed by atoms with Gasteiger partial charge in [0.1, 0.15) is 0 Å². The third-order valence-corrected chi connectivity index (χ3v) is 6.91. The molecule has 0 spiro atoms. The zero-order valence-electron chi connectivity index (χ0n) is 20.6. The van der Waals surface area contributed by atoms with E-state index in [1.807, 2.05) is 36.4 Å². The van der Waals surface area contributed by atoms with Gasteiger partial charge >= 0.3 is 0 Å². The lowest BCUT2D eigenvalue weighted by Gasteiger charge is -2.24. The van der Waals surface area contributed by atoms with Crippen LogP contribution in [0, 0.1) is 0 Å². The third kappa shape index (κ3) is 10.7. The third-order valence-electron chi connectivity index (χ3n) is 6.91. The van der Waals surface area contributed by atoms with Crippen LogP contribution in [0.4, 0.5) is 0 Å². The molecule has 3 aliphatic carbocycles. The number of hydrogen-bond acceptors (Lipinski definition) is 0. The largest absolute Gasteiger partial charge is 0.0999 e. The van der Waals surface area contributed by atoms with Gasteiger partial charge in [0.15, 0.2) is 0 Å². The van der Waals surface area contributed by atoms with E-state index in [-0.39, 0.29) is 0 Å². The van der Waals surface area contributed by atoms with Crippen LogP contribution in [0.25, 0.3) is 0 Å². The van der Waals surface area contributed by atoms with Gasteiger partial charge in [0, 0.05) is 0 Å². The first-order valence-electron chi connectivity index (χ1n) is 13.3. The fourth-order valence-corrected chi connectivity index (χ4v) is 5.06. The Kier molecular flexibility index (Phi) is 14.7.